The van der Waals surface area contributed by atoms with Gasteiger partial charge in [0.25, 0.3) is 0 Å². The van der Waals surface area contributed by atoms with Crippen LogP contribution in [-0.2, 0) is 4.79 Å². The van der Waals surface area contributed by atoms with E-state index in [0.29, 0.717) is 5.78 Å². The second-order valence-corrected chi connectivity index (χ2v) is 5.57. The van der Waals surface area contributed by atoms with Gasteiger partial charge in [-0.2, -0.15) is 0 Å². The van der Waals surface area contributed by atoms with Crippen LogP contribution in [0.25, 0.3) is 0 Å². The summed E-state index contributed by atoms with van der Waals surface area (Å²) in [4.78, 5) is 11.4. The van der Waals surface area contributed by atoms with E-state index in [1.165, 1.54) is 8.88 Å². The Hall–Kier alpha value is -0.721. The fourth-order valence-corrected chi connectivity index (χ4v) is 3.61. The summed E-state index contributed by atoms with van der Waals surface area (Å²) in [6.07, 6.45) is 2.89. The SMILES string of the molecule is O=C1CCCC1=[Se]c1ccccc1. The first-order valence-electron chi connectivity index (χ1n) is 4.48. The summed E-state index contributed by atoms with van der Waals surface area (Å²) < 4.78 is 2.50. The van der Waals surface area contributed by atoms with E-state index in [-0.39, 0.29) is 14.5 Å². The van der Waals surface area contributed by atoms with Gasteiger partial charge in [0.15, 0.2) is 0 Å². The number of hydrogen-bond acceptors (Lipinski definition) is 1. The summed E-state index contributed by atoms with van der Waals surface area (Å²) in [5.74, 6) is 0.406. The van der Waals surface area contributed by atoms with Crippen LogP contribution in [0.15, 0.2) is 30.3 Å². The molecule has 0 amide bonds. The molecule has 0 aliphatic heterocycles. The van der Waals surface area contributed by atoms with Crippen LogP contribution in [0.2, 0.25) is 0 Å². The van der Waals surface area contributed by atoms with Crippen LogP contribution in [0.5, 0.6) is 0 Å². The van der Waals surface area contributed by atoms with Crippen LogP contribution in [0.4, 0.5) is 0 Å². The summed E-state index contributed by atoms with van der Waals surface area (Å²) in [6.45, 7) is 0. The van der Waals surface area contributed by atoms with E-state index in [9.17, 15) is 4.79 Å². The van der Waals surface area contributed by atoms with E-state index in [1.54, 1.807) is 0 Å². The second-order valence-electron chi connectivity index (χ2n) is 3.12. The van der Waals surface area contributed by atoms with Crippen molar-refractivity contribution in [2.75, 3.05) is 0 Å². The molecule has 0 atom stereocenters. The molecule has 1 aliphatic rings. The molecule has 67 valence electrons. The average Bonchev–Trinajstić information content (AvgIpc) is 2.54. The Balaban J connectivity index is 2.25. The van der Waals surface area contributed by atoms with Crippen molar-refractivity contribution in [3.8, 4) is 0 Å². The van der Waals surface area contributed by atoms with Crippen molar-refractivity contribution in [3.05, 3.63) is 30.3 Å². The zero-order valence-corrected chi connectivity index (χ0v) is 9.04. The van der Waals surface area contributed by atoms with Crippen LogP contribution >= 0.6 is 0 Å². The van der Waals surface area contributed by atoms with Crippen molar-refractivity contribution in [1.29, 1.82) is 0 Å². The number of rotatable bonds is 1. The van der Waals surface area contributed by atoms with Crippen molar-refractivity contribution in [2.45, 2.75) is 19.3 Å². The maximum atomic E-state index is 11.4. The normalized spacial score (nSPS) is 19.7. The molecular formula is C11H11OSe. The molecule has 0 unspecified atom stereocenters. The molecule has 1 aliphatic carbocycles. The van der Waals surface area contributed by atoms with Crippen LogP contribution in [0.1, 0.15) is 19.3 Å². The molecule has 0 spiro atoms. The van der Waals surface area contributed by atoms with Crippen molar-refractivity contribution in [1.82, 2.24) is 0 Å². The molecule has 1 fully saturated rings. The molecule has 0 heterocycles. The van der Waals surface area contributed by atoms with Gasteiger partial charge in [0.05, 0.1) is 0 Å². The van der Waals surface area contributed by atoms with Crippen molar-refractivity contribution in [2.24, 2.45) is 0 Å². The molecular weight excluding hydrogens is 227 g/mol. The molecule has 1 nitrogen and oxygen atoms in total. The van der Waals surface area contributed by atoms with Gasteiger partial charge in [0.1, 0.15) is 0 Å². The van der Waals surface area contributed by atoms with Gasteiger partial charge in [-0.25, -0.2) is 0 Å². The third-order valence-corrected chi connectivity index (χ3v) is 4.59. The maximum absolute atomic E-state index is 11.4. The van der Waals surface area contributed by atoms with E-state index in [1.807, 2.05) is 18.2 Å². The van der Waals surface area contributed by atoms with Crippen LogP contribution in [0, 0.1) is 0 Å². The van der Waals surface area contributed by atoms with Crippen molar-refractivity contribution in [3.63, 3.8) is 0 Å². The number of hydrogen-bond donors (Lipinski definition) is 0. The summed E-state index contributed by atoms with van der Waals surface area (Å²) in [6, 6.07) is 10.3. The zero-order valence-electron chi connectivity index (χ0n) is 7.32. The topological polar surface area (TPSA) is 17.1 Å². The number of ketones is 1. The molecule has 13 heavy (non-hydrogen) atoms. The average molecular weight is 238 g/mol. The first kappa shape index (κ1) is 8.86. The molecule has 1 radical (unpaired) electrons. The number of Topliss-reactive ketones (excluding diaryl/α,β-unsaturated/α-hetero) is 1. The Bertz CT molecular complexity index is 340. The zero-order chi connectivity index (χ0) is 9.10. The molecule has 2 heteroatoms. The minimum atomic E-state index is 0.287. The van der Waals surface area contributed by atoms with Crippen molar-refractivity contribution >= 4 is 29.2 Å². The third kappa shape index (κ3) is 2.14. The molecule has 0 bridgehead atoms. The Morgan fingerprint density at radius 2 is 1.85 bits per heavy atom. The summed E-state index contributed by atoms with van der Waals surface area (Å²) in [5.41, 5.74) is 0. The number of carbonyl (C=O) groups excluding carboxylic acids is 1. The molecule has 0 N–H and O–H groups in total. The molecule has 0 saturated heterocycles. The fourth-order valence-electron chi connectivity index (χ4n) is 1.43. The Morgan fingerprint density at radius 1 is 1.08 bits per heavy atom. The van der Waals surface area contributed by atoms with Crippen molar-refractivity contribution < 1.29 is 4.79 Å². The Labute approximate surface area is 83.9 Å². The molecule has 1 aromatic rings. The molecule has 2 rings (SSSR count). The van der Waals surface area contributed by atoms with Gasteiger partial charge >= 0.3 is 83.6 Å². The van der Waals surface area contributed by atoms with Gasteiger partial charge in [-0.05, 0) is 0 Å². The Kier molecular flexibility index (Phi) is 2.72. The van der Waals surface area contributed by atoms with Gasteiger partial charge in [0, 0.05) is 0 Å². The summed E-state index contributed by atoms with van der Waals surface area (Å²) in [7, 11) is 0. The van der Waals surface area contributed by atoms with E-state index >= 15 is 0 Å². The fraction of sp³-hybridized carbons (Fsp3) is 0.273. The van der Waals surface area contributed by atoms with Gasteiger partial charge in [-0.1, -0.05) is 0 Å². The molecule has 1 saturated carbocycles. The van der Waals surface area contributed by atoms with Crippen LogP contribution in [-0.4, -0.2) is 24.7 Å². The third-order valence-electron chi connectivity index (χ3n) is 2.10. The van der Waals surface area contributed by atoms with Gasteiger partial charge in [0.2, 0.25) is 0 Å². The first-order valence-corrected chi connectivity index (χ1v) is 6.19. The van der Waals surface area contributed by atoms with E-state index < -0.39 is 0 Å². The monoisotopic (exact) mass is 239 g/mol. The second kappa shape index (κ2) is 3.99. The molecule has 1 aromatic carbocycles. The standard InChI is InChI=1S/C11H11OSe/c12-10-7-4-8-11(10)13-9-5-2-1-3-6-9/h1-3,5-6H,4,7-8H2. The predicted octanol–water partition coefficient (Wildman–Crippen LogP) is 0.942. The van der Waals surface area contributed by atoms with Gasteiger partial charge in [-0.15, -0.1) is 0 Å². The van der Waals surface area contributed by atoms with Gasteiger partial charge < -0.3 is 0 Å². The minimum absolute atomic E-state index is 0.287. The van der Waals surface area contributed by atoms with Crippen LogP contribution in [0.3, 0.4) is 0 Å². The predicted molar refractivity (Wildman–Crippen MR) is 55.7 cm³/mol. The summed E-state index contributed by atoms with van der Waals surface area (Å²) in [5, 5.41) is 0. The quantitative estimate of drug-likeness (QED) is 0.665. The number of carbonyl (C=O) groups is 1. The Morgan fingerprint density at radius 3 is 2.46 bits per heavy atom. The van der Waals surface area contributed by atoms with Gasteiger partial charge in [-0.3, -0.25) is 0 Å². The first-order chi connectivity index (χ1) is 6.36. The molecule has 0 aromatic heterocycles. The number of benzene rings is 1. The van der Waals surface area contributed by atoms with E-state index in [0.717, 1.165) is 19.3 Å². The van der Waals surface area contributed by atoms with E-state index in [4.69, 9.17) is 0 Å². The van der Waals surface area contributed by atoms with Crippen LogP contribution < -0.4 is 4.46 Å². The van der Waals surface area contributed by atoms with E-state index in [2.05, 4.69) is 12.1 Å². The summed E-state index contributed by atoms with van der Waals surface area (Å²) >= 11 is 0.287.